The molecule has 5 heterocycles. The number of carbonyl (C=O) groups excluding carboxylic acids is 1. The van der Waals surface area contributed by atoms with Crippen molar-refractivity contribution in [2.75, 3.05) is 67.6 Å². The molecule has 3 aromatic carbocycles. The Morgan fingerprint density at radius 1 is 1.02 bits per heavy atom. The van der Waals surface area contributed by atoms with Gasteiger partial charge in [0.15, 0.2) is 0 Å². The number of rotatable bonds is 12. The minimum absolute atomic E-state index is 0.107. The van der Waals surface area contributed by atoms with E-state index in [2.05, 4.69) is 50.8 Å². The molecule has 66 heavy (non-hydrogen) atoms. The Labute approximate surface area is 390 Å². The summed E-state index contributed by atoms with van der Waals surface area (Å²) in [6.45, 7) is 14.2. The van der Waals surface area contributed by atoms with Crippen LogP contribution in [0, 0.1) is 21.4 Å². The number of allylic oxidation sites excluding steroid dienone is 1. The Morgan fingerprint density at radius 3 is 2.52 bits per heavy atom. The molecule has 3 N–H and O–H groups in total. The van der Waals surface area contributed by atoms with Gasteiger partial charge in [-0.25, -0.2) is 13.1 Å². The largest absolute Gasteiger partial charge is 0.471 e. The molecule has 1 aliphatic carbocycles. The van der Waals surface area contributed by atoms with E-state index in [1.165, 1.54) is 28.8 Å². The van der Waals surface area contributed by atoms with Crippen LogP contribution >= 0.6 is 11.6 Å². The third kappa shape index (κ3) is 9.73. The third-order valence-electron chi connectivity index (χ3n) is 13.6. The maximum absolute atomic E-state index is 14.4. The predicted molar refractivity (Wildman–Crippen MR) is 259 cm³/mol. The van der Waals surface area contributed by atoms with Gasteiger partial charge in [0.1, 0.15) is 23.1 Å². The second kappa shape index (κ2) is 18.5. The van der Waals surface area contributed by atoms with Crippen molar-refractivity contribution in [2.24, 2.45) is 11.3 Å². The van der Waals surface area contributed by atoms with Crippen LogP contribution in [0.25, 0.3) is 16.6 Å². The molecule has 0 unspecified atom stereocenters. The summed E-state index contributed by atoms with van der Waals surface area (Å²) in [6, 6.07) is 21.1. The first kappa shape index (κ1) is 45.5. The van der Waals surface area contributed by atoms with Gasteiger partial charge in [-0.05, 0) is 123 Å². The Balaban J connectivity index is 0.990. The summed E-state index contributed by atoms with van der Waals surface area (Å²) in [4.78, 5) is 40.4. The lowest BCUT2D eigenvalue weighted by Gasteiger charge is -2.40. The van der Waals surface area contributed by atoms with Crippen molar-refractivity contribution in [3.63, 3.8) is 0 Å². The van der Waals surface area contributed by atoms with E-state index in [1.807, 2.05) is 55.1 Å². The molecule has 0 radical (unpaired) electrons. The highest BCUT2D eigenvalue weighted by molar-refractivity contribution is 7.90. The molecule has 9 rings (SSSR count). The number of nitrogens with zero attached hydrogens (tertiary/aromatic N) is 5. The number of nitrogens with one attached hydrogen (secondary N) is 3. The van der Waals surface area contributed by atoms with Gasteiger partial charge < -0.3 is 29.6 Å². The molecule has 0 saturated carbocycles. The smallest absolute Gasteiger partial charge is 0.293 e. The minimum Gasteiger partial charge on any atom is -0.471 e. The van der Waals surface area contributed by atoms with Crippen molar-refractivity contribution in [3.05, 3.63) is 111 Å². The molecule has 0 bridgehead atoms. The highest BCUT2D eigenvalue weighted by Gasteiger charge is 2.34. The van der Waals surface area contributed by atoms with Crippen molar-refractivity contribution in [3.8, 4) is 5.88 Å². The fourth-order valence-electron chi connectivity index (χ4n) is 9.84. The molecule has 0 spiro atoms. The van der Waals surface area contributed by atoms with E-state index in [1.54, 1.807) is 12.3 Å². The number of benzene rings is 3. The van der Waals surface area contributed by atoms with Crippen LogP contribution in [0.4, 0.5) is 28.4 Å². The first-order valence-electron chi connectivity index (χ1n) is 22.8. The van der Waals surface area contributed by atoms with Crippen LogP contribution in [0.2, 0.25) is 5.02 Å². The monoisotopic (exact) mass is 936 g/mol. The van der Waals surface area contributed by atoms with Crippen LogP contribution in [-0.4, -0.2) is 98.7 Å². The number of piperazine rings is 1. The Morgan fingerprint density at radius 2 is 1.77 bits per heavy atom. The van der Waals surface area contributed by atoms with Crippen molar-refractivity contribution in [2.45, 2.75) is 76.8 Å². The summed E-state index contributed by atoms with van der Waals surface area (Å²) in [5.74, 6) is -0.257. The maximum atomic E-state index is 14.4. The van der Waals surface area contributed by atoms with Gasteiger partial charge in [0.25, 0.3) is 21.6 Å². The zero-order valence-corrected chi connectivity index (χ0v) is 39.4. The van der Waals surface area contributed by atoms with E-state index in [-0.39, 0.29) is 34.7 Å². The van der Waals surface area contributed by atoms with Crippen LogP contribution in [0.5, 0.6) is 5.88 Å². The van der Waals surface area contributed by atoms with E-state index in [9.17, 15) is 23.3 Å². The topological polar surface area (TPSA) is 175 Å². The summed E-state index contributed by atoms with van der Waals surface area (Å²) in [5.41, 5.74) is 6.90. The first-order valence-corrected chi connectivity index (χ1v) is 24.7. The van der Waals surface area contributed by atoms with Gasteiger partial charge in [0.2, 0.25) is 5.88 Å². The lowest BCUT2D eigenvalue weighted by molar-refractivity contribution is -0.384. The summed E-state index contributed by atoms with van der Waals surface area (Å²) in [7, 11) is -4.58. The molecule has 15 nitrogen and oxygen atoms in total. The standard InChI is InChI=1S/C49H57ClN8O7S/c1-31-29-57(45-25-35-14-18-51-46(35)53-48(45)65-31)43-26-38(56-21-19-55(20-22-56)30-36-13-17-49(3,4)28-41(36)34-5-7-37(50)8-6-34)9-11-40(43)47(59)54-66(62,63)39-10-12-42(44(27-39)58(60)61)52-32(2)33-15-23-64-24-16-33/h5-12,14,18,25-27,31-33,52H,13,15-17,19-24,28-30H2,1-4H3,(H,51,53)(H,54,59)/t31-,32+/m1/s1. The number of hydrogen-bond donors (Lipinski definition) is 3. The molecule has 2 aromatic heterocycles. The van der Waals surface area contributed by atoms with Gasteiger partial charge in [0, 0.05) is 80.3 Å². The van der Waals surface area contributed by atoms with Crippen molar-refractivity contribution in [1.29, 1.82) is 0 Å². The number of nitro groups is 1. The lowest BCUT2D eigenvalue weighted by Crippen LogP contribution is -2.47. The second-order valence-corrected chi connectivity index (χ2v) is 21.0. The van der Waals surface area contributed by atoms with Crippen LogP contribution in [-0.2, 0) is 14.8 Å². The van der Waals surface area contributed by atoms with Gasteiger partial charge in [-0.1, -0.05) is 43.2 Å². The number of pyridine rings is 1. The highest BCUT2D eigenvalue weighted by atomic mass is 35.5. The fraction of sp³-hybridized carbons (Fsp3) is 0.429. The molecular weight excluding hydrogens is 880 g/mol. The SMILES string of the molecule is C[C@@H]1CN(c2cc(N3CCN(CC4=C(c5ccc(Cl)cc5)CC(C)(C)CC4)CC3)ccc2C(=O)NS(=O)(=O)c2ccc(N[C@@H](C)C3CCOCC3)c([N+](=O)[O-])c2)c2cc3cc[nH]c3nc2O1. The molecule has 1 amide bonds. The summed E-state index contributed by atoms with van der Waals surface area (Å²) >= 11 is 6.27. The van der Waals surface area contributed by atoms with E-state index >= 15 is 0 Å². The number of carbonyl (C=O) groups is 1. The number of halogens is 1. The molecular formula is C49H57ClN8O7S. The van der Waals surface area contributed by atoms with Crippen LogP contribution in [0.1, 0.15) is 75.7 Å². The number of sulfonamides is 1. The Kier molecular flexibility index (Phi) is 12.8. The predicted octanol–water partition coefficient (Wildman–Crippen LogP) is 9.18. The minimum atomic E-state index is -4.58. The number of hydrogen-bond acceptors (Lipinski definition) is 12. The summed E-state index contributed by atoms with van der Waals surface area (Å²) in [6.07, 6.45) is 6.29. The number of nitro benzene ring substituents is 1. The van der Waals surface area contributed by atoms with E-state index in [4.69, 9.17) is 26.1 Å². The normalized spacial score (nSPS) is 19.9. The maximum Gasteiger partial charge on any atom is 0.293 e. The molecule has 2 atom stereocenters. The average molecular weight is 938 g/mol. The van der Waals surface area contributed by atoms with E-state index < -0.39 is 31.4 Å². The van der Waals surface area contributed by atoms with Crippen molar-refractivity contribution < 1.29 is 27.6 Å². The van der Waals surface area contributed by atoms with Crippen LogP contribution in [0.15, 0.2) is 89.5 Å². The number of ether oxygens (including phenoxy) is 2. The summed E-state index contributed by atoms with van der Waals surface area (Å²) in [5, 5.41) is 17.1. The summed E-state index contributed by atoms with van der Waals surface area (Å²) < 4.78 is 41.9. The number of H-pyrrole nitrogens is 1. The number of aromatic nitrogens is 2. The second-order valence-electron chi connectivity index (χ2n) is 18.9. The Hall–Kier alpha value is -5.68. The average Bonchev–Trinajstić information content (AvgIpc) is 3.76. The lowest BCUT2D eigenvalue weighted by atomic mass is 9.72. The van der Waals surface area contributed by atoms with Gasteiger partial charge in [-0.3, -0.25) is 19.8 Å². The van der Waals surface area contributed by atoms with Crippen molar-refractivity contribution in [1.82, 2.24) is 19.6 Å². The highest BCUT2D eigenvalue weighted by Crippen LogP contribution is 2.44. The van der Waals surface area contributed by atoms with Gasteiger partial charge >= 0.3 is 0 Å². The third-order valence-corrected chi connectivity index (χ3v) is 15.2. The molecule has 5 aromatic rings. The number of amides is 1. The van der Waals surface area contributed by atoms with Crippen molar-refractivity contribution >= 4 is 72.6 Å². The molecule has 4 aliphatic rings. The zero-order chi connectivity index (χ0) is 46.3. The zero-order valence-electron chi connectivity index (χ0n) is 37.8. The fourth-order valence-corrected chi connectivity index (χ4v) is 11.0. The molecule has 17 heteroatoms. The molecule has 2 fully saturated rings. The number of aromatic amines is 1. The van der Waals surface area contributed by atoms with E-state index in [0.717, 1.165) is 87.0 Å². The Bertz CT molecular complexity index is 2780. The van der Waals surface area contributed by atoms with Crippen LogP contribution < -0.4 is 24.6 Å². The molecule has 3 aliphatic heterocycles. The number of anilines is 4. The van der Waals surface area contributed by atoms with Gasteiger partial charge in [0.05, 0.1) is 27.6 Å². The first-order chi connectivity index (χ1) is 31.6. The van der Waals surface area contributed by atoms with Crippen LogP contribution in [0.3, 0.4) is 0 Å². The number of fused-ring (bicyclic) bond motifs is 2. The quantitative estimate of drug-likeness (QED) is 0.0801. The van der Waals surface area contributed by atoms with Gasteiger partial charge in [-0.2, -0.15) is 4.98 Å². The molecule has 348 valence electrons. The molecule has 2 saturated heterocycles. The van der Waals surface area contributed by atoms with Gasteiger partial charge in [-0.15, -0.1) is 0 Å². The van der Waals surface area contributed by atoms with E-state index in [0.29, 0.717) is 42.7 Å².